The predicted octanol–water partition coefficient (Wildman–Crippen LogP) is 4.78. The fourth-order valence-electron chi connectivity index (χ4n) is 6.35. The van der Waals surface area contributed by atoms with E-state index in [0.717, 1.165) is 11.1 Å². The van der Waals surface area contributed by atoms with Gasteiger partial charge in [-0.05, 0) is 55.7 Å². The summed E-state index contributed by atoms with van der Waals surface area (Å²) in [7, 11) is 1.52. The summed E-state index contributed by atoms with van der Waals surface area (Å²) in [4.78, 5) is 63.3. The number of Topliss-reactive ketones (excluding diaryl/α,β-unsaturated/α-hetero) is 2. The van der Waals surface area contributed by atoms with Gasteiger partial charge >= 0.3 is 11.9 Å². The standard InChI is InChI=1S/C29H29NO6.C12H13NO3/c1-4-35-28(33)29(18-22-10-5-6-11-23(22)26(29)31)30-27(32)21-12-13-24(34-3)25(17-21)36-15-14-20-9-7-8-19(2)16-20;1-2-16-11(15)12(13)7-8-5-3-4-6-9(8)10(12)14/h5-13,16-17H,4,14-15,18H2,1-3H3,(H,30,32);3-6H,2,7,13H2,1H3. The minimum atomic E-state index is -1.82. The van der Waals surface area contributed by atoms with Crippen LogP contribution in [0, 0.1) is 6.92 Å². The number of nitrogens with one attached hydrogen (secondary N) is 1. The number of methoxy groups -OCH3 is 1. The van der Waals surface area contributed by atoms with Crippen molar-refractivity contribution in [1.82, 2.24) is 5.32 Å². The van der Waals surface area contributed by atoms with Crippen LogP contribution >= 0.6 is 0 Å². The van der Waals surface area contributed by atoms with Gasteiger partial charge in [-0.25, -0.2) is 9.59 Å². The Bertz CT molecular complexity index is 2010. The van der Waals surface area contributed by atoms with E-state index in [1.165, 1.54) is 12.7 Å². The fourth-order valence-corrected chi connectivity index (χ4v) is 6.35. The third-order valence-corrected chi connectivity index (χ3v) is 8.99. The lowest BCUT2D eigenvalue weighted by Crippen LogP contribution is -2.59. The first kappa shape index (κ1) is 37.4. The Labute approximate surface area is 302 Å². The maximum Gasteiger partial charge on any atom is 0.340 e. The van der Waals surface area contributed by atoms with Crippen molar-refractivity contribution in [3.8, 4) is 11.5 Å². The van der Waals surface area contributed by atoms with E-state index in [1.54, 1.807) is 74.5 Å². The number of carbonyl (C=O) groups excluding carboxylic acids is 5. The number of nitrogens with two attached hydrogens (primary N) is 1. The topological polar surface area (TPSA) is 160 Å². The van der Waals surface area contributed by atoms with Gasteiger partial charge in [0.2, 0.25) is 5.54 Å². The van der Waals surface area contributed by atoms with E-state index >= 15 is 0 Å². The number of aryl methyl sites for hydroxylation is 1. The van der Waals surface area contributed by atoms with Gasteiger partial charge in [-0.15, -0.1) is 0 Å². The molecule has 2 atom stereocenters. The molecule has 270 valence electrons. The quantitative estimate of drug-likeness (QED) is 0.164. The van der Waals surface area contributed by atoms with Crippen LogP contribution < -0.4 is 20.5 Å². The van der Waals surface area contributed by atoms with Gasteiger partial charge in [0, 0.05) is 36.0 Å². The number of ketones is 2. The average molecular weight is 707 g/mol. The predicted molar refractivity (Wildman–Crippen MR) is 193 cm³/mol. The van der Waals surface area contributed by atoms with Crippen molar-refractivity contribution in [3.05, 3.63) is 130 Å². The van der Waals surface area contributed by atoms with Crippen molar-refractivity contribution in [3.63, 3.8) is 0 Å². The highest BCUT2D eigenvalue weighted by atomic mass is 16.5. The van der Waals surface area contributed by atoms with Crippen LogP contribution in [0.1, 0.15) is 67.2 Å². The third-order valence-electron chi connectivity index (χ3n) is 8.99. The number of carbonyl (C=O) groups is 5. The lowest BCUT2D eigenvalue weighted by Gasteiger charge is -2.26. The number of amides is 1. The molecule has 0 aromatic heterocycles. The fraction of sp³-hybridized carbons (Fsp3) is 0.293. The molecular formula is C41H42N2O9. The average Bonchev–Trinajstić information content (AvgIpc) is 3.58. The minimum absolute atomic E-state index is 0.0303. The van der Waals surface area contributed by atoms with Crippen LogP contribution in [0.15, 0.2) is 91.0 Å². The normalized spacial score (nSPS) is 18.3. The van der Waals surface area contributed by atoms with Crippen molar-refractivity contribution in [2.75, 3.05) is 26.9 Å². The maximum atomic E-state index is 13.3. The van der Waals surface area contributed by atoms with Gasteiger partial charge in [0.25, 0.3) is 5.91 Å². The molecule has 2 aliphatic rings. The molecule has 1 amide bonds. The summed E-state index contributed by atoms with van der Waals surface area (Å²) in [5.74, 6) is -1.96. The molecule has 52 heavy (non-hydrogen) atoms. The second-order valence-electron chi connectivity index (χ2n) is 12.6. The Kier molecular flexibility index (Phi) is 11.5. The van der Waals surface area contributed by atoms with Gasteiger partial charge in [0.15, 0.2) is 28.6 Å². The minimum Gasteiger partial charge on any atom is -0.493 e. The summed E-state index contributed by atoms with van der Waals surface area (Å²) in [6.07, 6.45) is 0.934. The van der Waals surface area contributed by atoms with Gasteiger partial charge in [0.05, 0.1) is 26.9 Å². The van der Waals surface area contributed by atoms with Crippen molar-refractivity contribution in [1.29, 1.82) is 0 Å². The maximum absolute atomic E-state index is 13.3. The van der Waals surface area contributed by atoms with E-state index in [4.69, 9.17) is 24.7 Å². The van der Waals surface area contributed by atoms with E-state index < -0.39 is 34.7 Å². The van der Waals surface area contributed by atoms with Gasteiger partial charge in [-0.3, -0.25) is 14.4 Å². The van der Waals surface area contributed by atoms with Crippen LogP contribution in [0.5, 0.6) is 11.5 Å². The van der Waals surface area contributed by atoms with Crippen LogP contribution in [0.25, 0.3) is 0 Å². The van der Waals surface area contributed by atoms with E-state index in [2.05, 4.69) is 11.4 Å². The van der Waals surface area contributed by atoms with E-state index in [0.29, 0.717) is 41.2 Å². The zero-order chi connectivity index (χ0) is 37.5. The number of hydrogen-bond donors (Lipinski definition) is 2. The molecule has 4 aromatic carbocycles. The lowest BCUT2D eigenvalue weighted by atomic mass is 9.93. The first-order valence-electron chi connectivity index (χ1n) is 17.0. The number of esters is 2. The molecule has 6 rings (SSSR count). The number of fused-ring (bicyclic) bond motifs is 2. The van der Waals surface area contributed by atoms with Crippen LogP contribution in [-0.2, 0) is 38.3 Å². The molecular weight excluding hydrogens is 664 g/mol. The first-order valence-corrected chi connectivity index (χ1v) is 17.0. The molecule has 2 unspecified atom stereocenters. The first-order chi connectivity index (χ1) is 25.0. The summed E-state index contributed by atoms with van der Waals surface area (Å²) in [5, 5.41) is 2.68. The summed E-state index contributed by atoms with van der Waals surface area (Å²) in [6, 6.07) is 26.9. The molecule has 3 N–H and O–H groups in total. The highest BCUT2D eigenvalue weighted by molar-refractivity contribution is 6.22. The van der Waals surface area contributed by atoms with E-state index in [9.17, 15) is 24.0 Å². The second-order valence-corrected chi connectivity index (χ2v) is 12.6. The summed E-state index contributed by atoms with van der Waals surface area (Å²) >= 11 is 0. The Morgan fingerprint density at radius 2 is 1.38 bits per heavy atom. The van der Waals surface area contributed by atoms with Crippen molar-refractivity contribution >= 4 is 29.4 Å². The van der Waals surface area contributed by atoms with Gasteiger partial charge < -0.3 is 30.0 Å². The largest absolute Gasteiger partial charge is 0.493 e. The van der Waals surface area contributed by atoms with Gasteiger partial charge in [-0.1, -0.05) is 78.4 Å². The van der Waals surface area contributed by atoms with E-state index in [-0.39, 0.29) is 37.4 Å². The van der Waals surface area contributed by atoms with Crippen LogP contribution in [0.3, 0.4) is 0 Å². The Balaban J connectivity index is 0.000000272. The van der Waals surface area contributed by atoms with Crippen molar-refractivity contribution < 1.29 is 42.9 Å². The van der Waals surface area contributed by atoms with Crippen molar-refractivity contribution in [2.24, 2.45) is 5.73 Å². The smallest absolute Gasteiger partial charge is 0.340 e. The zero-order valence-electron chi connectivity index (χ0n) is 29.7. The molecule has 0 radical (unpaired) electrons. The molecule has 0 aliphatic heterocycles. The van der Waals surface area contributed by atoms with Crippen molar-refractivity contribution in [2.45, 2.75) is 51.1 Å². The third kappa shape index (κ3) is 7.59. The Morgan fingerprint density at radius 1 is 0.750 bits per heavy atom. The summed E-state index contributed by atoms with van der Waals surface area (Å²) < 4.78 is 21.4. The van der Waals surface area contributed by atoms with Gasteiger partial charge in [-0.2, -0.15) is 0 Å². The summed E-state index contributed by atoms with van der Waals surface area (Å²) in [6.45, 7) is 6.07. The van der Waals surface area contributed by atoms with Crippen LogP contribution in [0.4, 0.5) is 0 Å². The molecule has 0 spiro atoms. The zero-order valence-corrected chi connectivity index (χ0v) is 29.7. The number of benzene rings is 4. The molecule has 2 aliphatic carbocycles. The number of rotatable bonds is 11. The van der Waals surface area contributed by atoms with Crippen LogP contribution in [0.2, 0.25) is 0 Å². The second kappa shape index (κ2) is 16.0. The Hall–Kier alpha value is -5.81. The molecule has 0 saturated carbocycles. The lowest BCUT2D eigenvalue weighted by molar-refractivity contribution is -0.148. The highest BCUT2D eigenvalue weighted by Gasteiger charge is 2.54. The number of ether oxygens (including phenoxy) is 4. The monoisotopic (exact) mass is 706 g/mol. The van der Waals surface area contributed by atoms with Crippen LogP contribution in [-0.4, -0.2) is 67.4 Å². The summed E-state index contributed by atoms with van der Waals surface area (Å²) in [5.41, 5.74) is 7.47. The molecule has 0 bridgehead atoms. The van der Waals surface area contributed by atoms with Gasteiger partial charge in [0.1, 0.15) is 0 Å². The molecule has 4 aromatic rings. The SMILES string of the molecule is CCOC(=O)C1(N)Cc2ccccc2C1=O.CCOC(=O)C1(NC(=O)c2ccc(OC)c(OCCc3cccc(C)c3)c2)Cc2ccccc2C1=O. The van der Waals surface area contributed by atoms with E-state index in [1.807, 2.05) is 31.2 Å². The molecule has 0 saturated heterocycles. The number of hydrogen-bond acceptors (Lipinski definition) is 10. The highest BCUT2D eigenvalue weighted by Crippen LogP contribution is 2.33. The molecule has 11 nitrogen and oxygen atoms in total. The Morgan fingerprint density at radius 3 is 2.00 bits per heavy atom. The molecule has 11 heteroatoms. The molecule has 0 fully saturated rings. The molecule has 0 heterocycles.